The fourth-order valence-electron chi connectivity index (χ4n) is 4.61. The fraction of sp³-hybridized carbons (Fsp3) is 0.348. The van der Waals surface area contributed by atoms with Crippen LogP contribution < -0.4 is 0 Å². The third-order valence-electron chi connectivity index (χ3n) is 6.19. The molecule has 0 fully saturated rings. The first-order chi connectivity index (χ1) is 14.4. The van der Waals surface area contributed by atoms with Gasteiger partial charge in [0.1, 0.15) is 0 Å². The zero-order valence-corrected chi connectivity index (χ0v) is 19.0. The number of rotatable bonds is 3. The number of carbonyl (C=O) groups is 1. The van der Waals surface area contributed by atoms with E-state index in [9.17, 15) is 4.79 Å². The molecule has 0 bridgehead atoms. The van der Waals surface area contributed by atoms with Gasteiger partial charge in [0.2, 0.25) is 5.91 Å². The molecule has 4 heterocycles. The summed E-state index contributed by atoms with van der Waals surface area (Å²) in [5, 5.41) is 5.74. The Kier molecular flexibility index (Phi) is 4.65. The van der Waals surface area contributed by atoms with Crippen LogP contribution in [0, 0.1) is 20.8 Å². The van der Waals surface area contributed by atoms with E-state index in [1.54, 1.807) is 0 Å². The van der Waals surface area contributed by atoms with Crippen molar-refractivity contribution in [2.24, 2.45) is 0 Å². The van der Waals surface area contributed by atoms with Crippen molar-refractivity contribution in [1.82, 2.24) is 24.5 Å². The van der Waals surface area contributed by atoms with E-state index in [4.69, 9.17) is 0 Å². The van der Waals surface area contributed by atoms with Gasteiger partial charge in [-0.05, 0) is 54.8 Å². The molecule has 30 heavy (non-hydrogen) atoms. The Morgan fingerprint density at radius 1 is 1.27 bits per heavy atom. The first kappa shape index (κ1) is 19.3. The van der Waals surface area contributed by atoms with Crippen LogP contribution in [0.15, 0.2) is 28.7 Å². The number of nitrogens with one attached hydrogen (secondary N) is 1. The van der Waals surface area contributed by atoms with E-state index in [0.717, 1.165) is 51.2 Å². The number of carbonyl (C=O) groups excluding carboxylic acids is 1. The molecule has 0 unspecified atom stereocenters. The van der Waals surface area contributed by atoms with Crippen LogP contribution in [-0.2, 0) is 24.2 Å². The van der Waals surface area contributed by atoms with E-state index < -0.39 is 0 Å². The van der Waals surface area contributed by atoms with Crippen molar-refractivity contribution in [2.45, 2.75) is 46.6 Å². The smallest absolute Gasteiger partial charge is 0.223 e. The highest BCUT2D eigenvalue weighted by Crippen LogP contribution is 2.32. The largest absolute Gasteiger partial charge is 0.357 e. The first-order valence-corrected chi connectivity index (χ1v) is 11.1. The molecular weight excluding hydrogens is 442 g/mol. The Labute approximate surface area is 183 Å². The highest BCUT2D eigenvalue weighted by atomic mass is 79.9. The van der Waals surface area contributed by atoms with Gasteiger partial charge in [-0.3, -0.25) is 4.79 Å². The summed E-state index contributed by atoms with van der Waals surface area (Å²) in [5.41, 5.74) is 8.60. The molecule has 0 atom stereocenters. The second kappa shape index (κ2) is 7.23. The maximum Gasteiger partial charge on any atom is 0.223 e. The molecule has 1 aliphatic heterocycles. The standard InChI is InChI=1S/C23H24BrN5O/c1-13-11-21-25-14(2)16(15(3)29(21)27-13)7-8-22(30)28-10-9-20-18(12-28)17-5-4-6-19(24)23(17)26-20/h4-6,11,26H,7-10,12H2,1-3H3. The molecule has 3 aromatic heterocycles. The number of aromatic nitrogens is 4. The van der Waals surface area contributed by atoms with Gasteiger partial charge in [-0.2, -0.15) is 5.10 Å². The van der Waals surface area contributed by atoms with Crippen LogP contribution in [0.25, 0.3) is 16.6 Å². The minimum atomic E-state index is 0.195. The summed E-state index contributed by atoms with van der Waals surface area (Å²) in [6.45, 7) is 7.47. The zero-order chi connectivity index (χ0) is 21.0. The summed E-state index contributed by atoms with van der Waals surface area (Å²) in [5.74, 6) is 0.195. The number of hydrogen-bond donors (Lipinski definition) is 1. The number of hydrogen-bond acceptors (Lipinski definition) is 3. The number of halogens is 1. The van der Waals surface area contributed by atoms with Gasteiger partial charge >= 0.3 is 0 Å². The molecule has 154 valence electrons. The molecule has 1 aliphatic rings. The van der Waals surface area contributed by atoms with Crippen molar-refractivity contribution in [3.63, 3.8) is 0 Å². The minimum Gasteiger partial charge on any atom is -0.357 e. The average Bonchev–Trinajstić information content (AvgIpc) is 3.28. The molecule has 0 radical (unpaired) electrons. The van der Waals surface area contributed by atoms with Gasteiger partial charge in [-0.1, -0.05) is 12.1 Å². The van der Waals surface area contributed by atoms with Gasteiger partial charge in [0, 0.05) is 64.5 Å². The Balaban J connectivity index is 1.35. The maximum atomic E-state index is 13.1. The number of aromatic amines is 1. The predicted molar refractivity (Wildman–Crippen MR) is 121 cm³/mol. The van der Waals surface area contributed by atoms with Gasteiger partial charge in [0.05, 0.1) is 11.2 Å². The highest BCUT2D eigenvalue weighted by molar-refractivity contribution is 9.10. The van der Waals surface area contributed by atoms with Crippen LogP contribution in [0.4, 0.5) is 0 Å². The van der Waals surface area contributed by atoms with E-state index in [2.05, 4.69) is 44.0 Å². The summed E-state index contributed by atoms with van der Waals surface area (Å²) < 4.78 is 2.95. The van der Waals surface area contributed by atoms with Crippen LogP contribution in [0.3, 0.4) is 0 Å². The molecule has 0 aliphatic carbocycles. The van der Waals surface area contributed by atoms with Gasteiger partial charge in [-0.25, -0.2) is 9.50 Å². The maximum absolute atomic E-state index is 13.1. The number of benzene rings is 1. The molecule has 1 N–H and O–H groups in total. The molecular formula is C23H24BrN5O. The summed E-state index contributed by atoms with van der Waals surface area (Å²) >= 11 is 3.63. The summed E-state index contributed by atoms with van der Waals surface area (Å²) in [6, 6.07) is 8.21. The molecule has 0 saturated carbocycles. The van der Waals surface area contributed by atoms with E-state index >= 15 is 0 Å². The molecule has 0 saturated heterocycles. The molecule has 4 aromatic rings. The number of H-pyrrole nitrogens is 1. The third-order valence-corrected chi connectivity index (χ3v) is 6.85. The summed E-state index contributed by atoms with van der Waals surface area (Å²) in [7, 11) is 0. The number of fused-ring (bicyclic) bond motifs is 4. The normalized spacial score (nSPS) is 13.9. The van der Waals surface area contributed by atoms with Gasteiger partial charge in [0.25, 0.3) is 0 Å². The molecule has 1 amide bonds. The highest BCUT2D eigenvalue weighted by Gasteiger charge is 2.25. The van der Waals surface area contributed by atoms with Crippen molar-refractivity contribution in [3.05, 3.63) is 62.6 Å². The molecule has 1 aromatic carbocycles. The lowest BCUT2D eigenvalue weighted by Crippen LogP contribution is -2.36. The van der Waals surface area contributed by atoms with Gasteiger partial charge in [-0.15, -0.1) is 0 Å². The van der Waals surface area contributed by atoms with Crippen LogP contribution >= 0.6 is 15.9 Å². The lowest BCUT2D eigenvalue weighted by atomic mass is 10.0. The van der Waals surface area contributed by atoms with Crippen molar-refractivity contribution in [2.75, 3.05) is 6.54 Å². The lowest BCUT2D eigenvalue weighted by Gasteiger charge is -2.27. The van der Waals surface area contributed by atoms with E-state index in [1.807, 2.05) is 41.5 Å². The number of para-hydroxylation sites is 1. The lowest BCUT2D eigenvalue weighted by molar-refractivity contribution is -0.132. The van der Waals surface area contributed by atoms with Crippen molar-refractivity contribution >= 4 is 38.4 Å². The van der Waals surface area contributed by atoms with Crippen molar-refractivity contribution in [3.8, 4) is 0 Å². The fourth-order valence-corrected chi connectivity index (χ4v) is 5.07. The van der Waals surface area contributed by atoms with Crippen molar-refractivity contribution in [1.29, 1.82) is 0 Å². The Bertz CT molecular complexity index is 1300. The zero-order valence-electron chi connectivity index (χ0n) is 17.4. The van der Waals surface area contributed by atoms with Crippen LogP contribution in [0.5, 0.6) is 0 Å². The Hall–Kier alpha value is -2.67. The minimum absolute atomic E-state index is 0.195. The predicted octanol–water partition coefficient (Wildman–Crippen LogP) is 4.42. The topological polar surface area (TPSA) is 66.3 Å². The summed E-state index contributed by atoms with van der Waals surface area (Å²) in [4.78, 5) is 23.3. The third kappa shape index (κ3) is 3.12. The van der Waals surface area contributed by atoms with Crippen molar-refractivity contribution < 1.29 is 4.79 Å². The molecule has 0 spiro atoms. The summed E-state index contributed by atoms with van der Waals surface area (Å²) in [6.07, 6.45) is 2.03. The Morgan fingerprint density at radius 2 is 2.10 bits per heavy atom. The van der Waals surface area contributed by atoms with E-state index in [1.165, 1.54) is 16.6 Å². The molecule has 5 rings (SSSR count). The second-order valence-corrected chi connectivity index (χ2v) is 8.98. The Morgan fingerprint density at radius 3 is 2.93 bits per heavy atom. The molecule has 6 nitrogen and oxygen atoms in total. The quantitative estimate of drug-likeness (QED) is 0.486. The first-order valence-electron chi connectivity index (χ1n) is 10.3. The number of aryl methyl sites for hydroxylation is 3. The van der Waals surface area contributed by atoms with E-state index in [-0.39, 0.29) is 5.91 Å². The number of nitrogens with zero attached hydrogens (tertiary/aromatic N) is 4. The average molecular weight is 466 g/mol. The van der Waals surface area contributed by atoms with E-state index in [0.29, 0.717) is 19.4 Å². The van der Waals surface area contributed by atoms with Gasteiger partial charge in [0.15, 0.2) is 5.65 Å². The second-order valence-electron chi connectivity index (χ2n) is 8.13. The number of amides is 1. The SMILES string of the molecule is Cc1cc2nc(C)c(CCC(=O)N3CCc4[nH]c5c(Br)cccc5c4C3)c(C)n2n1. The van der Waals surface area contributed by atoms with Crippen LogP contribution in [0.1, 0.15) is 40.3 Å². The molecule has 7 heteroatoms. The van der Waals surface area contributed by atoms with Crippen LogP contribution in [-0.4, -0.2) is 36.9 Å². The van der Waals surface area contributed by atoms with Crippen LogP contribution in [0.2, 0.25) is 0 Å². The monoisotopic (exact) mass is 465 g/mol. The van der Waals surface area contributed by atoms with Gasteiger partial charge < -0.3 is 9.88 Å².